The molecule has 0 spiro atoms. The first-order valence-corrected chi connectivity index (χ1v) is 8.38. The van der Waals surface area contributed by atoms with Gasteiger partial charge in [0.25, 0.3) is 0 Å². The minimum atomic E-state index is -0.989. The van der Waals surface area contributed by atoms with Crippen LogP contribution >= 0.6 is 0 Å². The van der Waals surface area contributed by atoms with Crippen molar-refractivity contribution < 1.29 is 19.5 Å². The van der Waals surface area contributed by atoms with Crippen LogP contribution in [-0.2, 0) is 16.0 Å². The average molecular weight is 332 g/mol. The van der Waals surface area contributed by atoms with Gasteiger partial charge >= 0.3 is 5.97 Å². The average Bonchev–Trinajstić information content (AvgIpc) is 3.06. The number of carbonyl (C=O) groups excluding carboxylic acids is 2. The summed E-state index contributed by atoms with van der Waals surface area (Å²) in [6.45, 7) is 5.76. The molecule has 1 N–H and O–H groups in total. The Kier molecular flexibility index (Phi) is 5.95. The summed E-state index contributed by atoms with van der Waals surface area (Å²) in [5, 5.41) is 8.91. The topological polar surface area (TPSA) is 77.9 Å². The van der Waals surface area contributed by atoms with Gasteiger partial charge in [0.05, 0.1) is 12.0 Å². The largest absolute Gasteiger partial charge is 0.478 e. The van der Waals surface area contributed by atoms with Gasteiger partial charge in [-0.2, -0.15) is 0 Å². The van der Waals surface area contributed by atoms with E-state index in [0.717, 1.165) is 12.0 Å². The van der Waals surface area contributed by atoms with Crippen molar-refractivity contribution in [2.45, 2.75) is 39.2 Å². The molecule has 6 nitrogen and oxygen atoms in total. The summed E-state index contributed by atoms with van der Waals surface area (Å²) in [5.41, 5.74) is 0.952. The number of carbonyl (C=O) groups is 3. The summed E-state index contributed by atoms with van der Waals surface area (Å²) in [7, 11) is 0. The normalized spacial score (nSPS) is 16.9. The molecule has 1 fully saturated rings. The van der Waals surface area contributed by atoms with Crippen LogP contribution in [0.15, 0.2) is 24.3 Å². The standard InChI is InChI=1S/C18H24N2O4/c1-3-19(4-2)17(22)15-6-5-11-20(15)16(21)12-13-7-9-14(10-8-13)18(23)24/h7-10,15H,3-6,11-12H2,1-2H3,(H,23,24). The van der Waals surface area contributed by atoms with Crippen LogP contribution < -0.4 is 0 Å². The second-order valence-electron chi connectivity index (χ2n) is 5.93. The van der Waals surface area contributed by atoms with E-state index in [1.807, 2.05) is 13.8 Å². The number of rotatable bonds is 6. The van der Waals surface area contributed by atoms with Crippen molar-refractivity contribution >= 4 is 17.8 Å². The molecule has 6 heteroatoms. The SMILES string of the molecule is CCN(CC)C(=O)C1CCCN1C(=O)Cc1ccc(C(=O)O)cc1. The lowest BCUT2D eigenvalue weighted by Crippen LogP contribution is -2.48. The summed E-state index contributed by atoms with van der Waals surface area (Å²) in [6, 6.07) is 5.92. The molecule has 1 aliphatic rings. The van der Waals surface area contributed by atoms with Gasteiger partial charge in [-0.25, -0.2) is 4.79 Å². The first-order chi connectivity index (χ1) is 11.5. The fraction of sp³-hybridized carbons (Fsp3) is 0.500. The molecule has 2 rings (SSSR count). The number of likely N-dealkylation sites (tertiary alicyclic amines) is 1. The van der Waals surface area contributed by atoms with Crippen LogP contribution in [0.25, 0.3) is 0 Å². The van der Waals surface area contributed by atoms with Crippen LogP contribution in [-0.4, -0.2) is 58.4 Å². The zero-order valence-electron chi connectivity index (χ0n) is 14.2. The van der Waals surface area contributed by atoms with Gasteiger partial charge in [-0.1, -0.05) is 12.1 Å². The summed E-state index contributed by atoms with van der Waals surface area (Å²) in [5.74, 6) is -1.05. The number of hydrogen-bond donors (Lipinski definition) is 1. The van der Waals surface area contributed by atoms with Gasteiger partial charge in [0, 0.05) is 19.6 Å². The maximum atomic E-state index is 12.6. The molecule has 0 bridgehead atoms. The van der Waals surface area contributed by atoms with Crippen molar-refractivity contribution in [3.8, 4) is 0 Å². The van der Waals surface area contributed by atoms with Crippen molar-refractivity contribution in [2.75, 3.05) is 19.6 Å². The van der Waals surface area contributed by atoms with E-state index < -0.39 is 5.97 Å². The van der Waals surface area contributed by atoms with Crippen molar-refractivity contribution in [2.24, 2.45) is 0 Å². The molecule has 24 heavy (non-hydrogen) atoms. The fourth-order valence-corrected chi connectivity index (χ4v) is 3.11. The lowest BCUT2D eigenvalue weighted by atomic mass is 10.1. The molecule has 2 amide bonds. The van der Waals surface area contributed by atoms with E-state index in [1.165, 1.54) is 12.1 Å². The van der Waals surface area contributed by atoms with Crippen molar-refractivity contribution in [1.82, 2.24) is 9.80 Å². The number of hydrogen-bond acceptors (Lipinski definition) is 3. The molecule has 0 saturated carbocycles. The Labute approximate surface area is 142 Å². The van der Waals surface area contributed by atoms with Crippen molar-refractivity contribution in [1.29, 1.82) is 0 Å². The highest BCUT2D eigenvalue weighted by molar-refractivity contribution is 5.90. The number of amides is 2. The third-order valence-electron chi connectivity index (χ3n) is 4.49. The number of carboxylic acids is 1. The second kappa shape index (κ2) is 7.95. The minimum Gasteiger partial charge on any atom is -0.478 e. The first kappa shape index (κ1) is 18.0. The van der Waals surface area contributed by atoms with Gasteiger partial charge in [0.2, 0.25) is 11.8 Å². The van der Waals surface area contributed by atoms with Crippen LogP contribution in [0.3, 0.4) is 0 Å². The molecule has 130 valence electrons. The quantitative estimate of drug-likeness (QED) is 0.861. The fourth-order valence-electron chi connectivity index (χ4n) is 3.11. The molecule has 1 aromatic rings. The monoisotopic (exact) mass is 332 g/mol. The van der Waals surface area contributed by atoms with Crippen LogP contribution in [0.5, 0.6) is 0 Å². The Morgan fingerprint density at radius 1 is 1.17 bits per heavy atom. The third-order valence-corrected chi connectivity index (χ3v) is 4.49. The predicted octanol–water partition coefficient (Wildman–Crippen LogP) is 1.79. The molecule has 0 aromatic heterocycles. The van der Waals surface area contributed by atoms with E-state index >= 15 is 0 Å². The Morgan fingerprint density at radius 3 is 2.33 bits per heavy atom. The summed E-state index contributed by atoms with van der Waals surface area (Å²) < 4.78 is 0. The number of nitrogens with zero attached hydrogens (tertiary/aromatic N) is 2. The number of benzene rings is 1. The highest BCUT2D eigenvalue weighted by atomic mass is 16.4. The third kappa shape index (κ3) is 3.93. The molecular formula is C18H24N2O4. The first-order valence-electron chi connectivity index (χ1n) is 8.38. The van der Waals surface area contributed by atoms with Gasteiger partial charge in [-0.05, 0) is 44.4 Å². The summed E-state index contributed by atoms with van der Waals surface area (Å²) in [6.07, 6.45) is 1.72. The predicted molar refractivity (Wildman–Crippen MR) is 89.8 cm³/mol. The molecule has 1 aliphatic heterocycles. The van der Waals surface area contributed by atoms with Crippen LogP contribution in [0, 0.1) is 0 Å². The lowest BCUT2D eigenvalue weighted by molar-refractivity contribution is -0.143. The van der Waals surface area contributed by atoms with Gasteiger partial charge in [0.15, 0.2) is 0 Å². The number of aromatic carboxylic acids is 1. The zero-order chi connectivity index (χ0) is 17.7. The maximum absolute atomic E-state index is 12.6. The molecule has 1 saturated heterocycles. The van der Waals surface area contributed by atoms with Crippen LogP contribution in [0.4, 0.5) is 0 Å². The van der Waals surface area contributed by atoms with Gasteiger partial charge < -0.3 is 14.9 Å². The van der Waals surface area contributed by atoms with E-state index in [1.54, 1.807) is 21.9 Å². The molecule has 0 aliphatic carbocycles. The summed E-state index contributed by atoms with van der Waals surface area (Å²) >= 11 is 0. The van der Waals surface area contributed by atoms with Gasteiger partial charge in [-0.15, -0.1) is 0 Å². The van der Waals surface area contributed by atoms with Gasteiger partial charge in [0.1, 0.15) is 6.04 Å². The lowest BCUT2D eigenvalue weighted by Gasteiger charge is -2.29. The summed E-state index contributed by atoms with van der Waals surface area (Å²) in [4.78, 5) is 39.4. The highest BCUT2D eigenvalue weighted by Crippen LogP contribution is 2.21. The van der Waals surface area contributed by atoms with Crippen LogP contribution in [0.2, 0.25) is 0 Å². The van der Waals surface area contributed by atoms with E-state index in [9.17, 15) is 14.4 Å². The van der Waals surface area contributed by atoms with E-state index in [0.29, 0.717) is 26.1 Å². The molecule has 1 unspecified atom stereocenters. The second-order valence-corrected chi connectivity index (χ2v) is 5.93. The Bertz CT molecular complexity index is 608. The molecule has 1 atom stereocenters. The molecule has 1 aromatic carbocycles. The number of likely N-dealkylation sites (N-methyl/N-ethyl adjacent to an activating group) is 1. The maximum Gasteiger partial charge on any atom is 0.335 e. The van der Waals surface area contributed by atoms with Gasteiger partial charge in [-0.3, -0.25) is 9.59 Å². The number of carboxylic acid groups (broad SMARTS) is 1. The molecular weight excluding hydrogens is 308 g/mol. The zero-order valence-corrected chi connectivity index (χ0v) is 14.2. The van der Waals surface area contributed by atoms with Crippen molar-refractivity contribution in [3.63, 3.8) is 0 Å². The van der Waals surface area contributed by atoms with E-state index in [4.69, 9.17) is 5.11 Å². The Balaban J connectivity index is 2.05. The van der Waals surface area contributed by atoms with E-state index in [-0.39, 0.29) is 29.8 Å². The smallest absolute Gasteiger partial charge is 0.335 e. The van der Waals surface area contributed by atoms with E-state index in [2.05, 4.69) is 0 Å². The highest BCUT2D eigenvalue weighted by Gasteiger charge is 2.35. The minimum absolute atomic E-state index is 0.0204. The van der Waals surface area contributed by atoms with Crippen molar-refractivity contribution in [3.05, 3.63) is 35.4 Å². The molecule has 1 heterocycles. The Morgan fingerprint density at radius 2 is 1.79 bits per heavy atom. The Hall–Kier alpha value is -2.37. The van der Waals surface area contributed by atoms with Crippen LogP contribution in [0.1, 0.15) is 42.6 Å². The molecule has 0 radical (unpaired) electrons.